The van der Waals surface area contributed by atoms with E-state index in [9.17, 15) is 33.9 Å². The Labute approximate surface area is 270 Å². The van der Waals surface area contributed by atoms with Gasteiger partial charge in [-0.25, -0.2) is 0 Å². The highest BCUT2D eigenvalue weighted by atomic mass is 16.5. The van der Waals surface area contributed by atoms with E-state index in [2.05, 4.69) is 0 Å². The van der Waals surface area contributed by atoms with Gasteiger partial charge in [-0.15, -0.1) is 0 Å². The summed E-state index contributed by atoms with van der Waals surface area (Å²) >= 11 is 0. The summed E-state index contributed by atoms with van der Waals surface area (Å²) in [5.41, 5.74) is 2.65. The van der Waals surface area contributed by atoms with Crippen molar-refractivity contribution in [3.63, 3.8) is 0 Å². The molecule has 10 nitrogen and oxygen atoms in total. The number of rotatable bonds is 6. The lowest BCUT2D eigenvalue weighted by atomic mass is 9.57. The smallest absolute Gasteiger partial charge is 0.238 e. The number of nitrogens with zero attached hydrogens (tertiary/aromatic N) is 2. The topological polar surface area (TPSA) is 138 Å². The molecule has 6 atom stereocenters. The molecule has 0 spiro atoms. The molecule has 3 aromatic rings. The van der Waals surface area contributed by atoms with E-state index in [-0.39, 0.29) is 36.1 Å². The molecule has 3 aromatic carbocycles. The molecule has 2 heterocycles. The van der Waals surface area contributed by atoms with Crippen LogP contribution in [-0.4, -0.2) is 47.4 Å². The van der Waals surface area contributed by atoms with Crippen LogP contribution in [0.1, 0.15) is 58.9 Å². The summed E-state index contributed by atoms with van der Waals surface area (Å²) in [6, 6.07) is 17.4. The summed E-state index contributed by atoms with van der Waals surface area (Å²) in [4.78, 5) is 82.6. The van der Waals surface area contributed by atoms with Crippen LogP contribution < -0.4 is 14.5 Å². The third kappa shape index (κ3) is 4.53. The number of allylic oxidation sites excluding steroid dienone is 2. The first-order valence-corrected chi connectivity index (χ1v) is 15.6. The van der Waals surface area contributed by atoms with Gasteiger partial charge in [-0.2, -0.15) is 0 Å². The molecule has 1 N–H and O–H groups in total. The minimum absolute atomic E-state index is 0.109. The number of methoxy groups -OCH3 is 1. The molecular weight excluding hydrogens is 600 g/mol. The number of ether oxygens (including phenoxy) is 1. The van der Waals surface area contributed by atoms with Gasteiger partial charge in [0, 0.05) is 22.6 Å². The molecule has 47 heavy (non-hydrogen) atoms. The Morgan fingerprint density at radius 2 is 1.23 bits per heavy atom. The average molecular weight is 633 g/mol. The largest absolute Gasteiger partial charge is 0.508 e. The molecule has 7 rings (SSSR count). The second-order valence-electron chi connectivity index (χ2n) is 12.6. The molecule has 10 heteroatoms. The molecule has 2 saturated heterocycles. The van der Waals surface area contributed by atoms with Gasteiger partial charge in [0.25, 0.3) is 0 Å². The van der Waals surface area contributed by atoms with E-state index in [0.717, 1.165) is 10.5 Å². The third-order valence-electron chi connectivity index (χ3n) is 10.3. The van der Waals surface area contributed by atoms with Crippen molar-refractivity contribution in [3.05, 3.63) is 95.1 Å². The third-order valence-corrected chi connectivity index (χ3v) is 10.3. The van der Waals surface area contributed by atoms with Crippen molar-refractivity contribution in [1.82, 2.24) is 0 Å². The van der Waals surface area contributed by atoms with Crippen molar-refractivity contribution in [3.8, 4) is 11.5 Å². The molecule has 238 valence electrons. The number of fused-ring (bicyclic) bond motifs is 4. The van der Waals surface area contributed by atoms with Crippen LogP contribution in [0.2, 0.25) is 0 Å². The van der Waals surface area contributed by atoms with Crippen molar-refractivity contribution in [2.75, 3.05) is 16.9 Å². The van der Waals surface area contributed by atoms with Crippen LogP contribution in [-0.2, 0) is 19.2 Å². The van der Waals surface area contributed by atoms with E-state index < -0.39 is 53.2 Å². The maximum absolute atomic E-state index is 14.3. The summed E-state index contributed by atoms with van der Waals surface area (Å²) in [6.45, 7) is 2.87. The molecule has 4 aliphatic rings. The van der Waals surface area contributed by atoms with Crippen LogP contribution in [0.5, 0.6) is 11.5 Å². The van der Waals surface area contributed by atoms with Crippen molar-refractivity contribution in [2.24, 2.45) is 29.6 Å². The Morgan fingerprint density at radius 3 is 1.77 bits per heavy atom. The quantitative estimate of drug-likeness (QED) is 0.231. The highest BCUT2D eigenvalue weighted by Gasteiger charge is 2.63. The Bertz CT molecular complexity index is 1910. The van der Waals surface area contributed by atoms with Crippen LogP contribution in [0.15, 0.2) is 78.4 Å². The van der Waals surface area contributed by atoms with Crippen LogP contribution in [0.3, 0.4) is 0 Å². The normalized spacial score (nSPS) is 26.5. The predicted molar refractivity (Wildman–Crippen MR) is 170 cm³/mol. The number of phenols is 1. The van der Waals surface area contributed by atoms with E-state index in [4.69, 9.17) is 4.74 Å². The van der Waals surface area contributed by atoms with Crippen molar-refractivity contribution in [1.29, 1.82) is 0 Å². The molecule has 4 amide bonds. The predicted octanol–water partition coefficient (Wildman–Crippen LogP) is 4.85. The molecule has 1 saturated carbocycles. The lowest BCUT2D eigenvalue weighted by molar-refractivity contribution is -0.126. The van der Waals surface area contributed by atoms with E-state index in [1.807, 2.05) is 6.08 Å². The fourth-order valence-electron chi connectivity index (χ4n) is 8.13. The summed E-state index contributed by atoms with van der Waals surface area (Å²) in [5, 5.41) is 11.2. The number of hydrogen-bond acceptors (Lipinski definition) is 8. The van der Waals surface area contributed by atoms with Gasteiger partial charge in [0.2, 0.25) is 23.6 Å². The van der Waals surface area contributed by atoms with Crippen LogP contribution in [0, 0.1) is 29.6 Å². The monoisotopic (exact) mass is 632 g/mol. The SMILES string of the molecule is COc1cccc(O)c1[C@H]1C2=CC[C@@H]3C(=O)N(c4ccc(C(C)=O)cc4)C(=O)[C@@H]3[C@@H]2C[C@H]2C(=O)N(c3ccc(C(C)=O)cc3)C(=O)[C@@H]12. The standard InChI is InChI=1S/C37H32N2O8/c1-18(40)20-7-11-22(12-8-20)38-34(43)25-16-15-24-26(30(25)36(38)45)17-27-32(31(24)33-28(42)5-4-6-29(33)47-3)37(46)39(35(27)44)23-13-9-21(10-14-23)19(2)41/h4-15,25-27,30-32,42H,16-17H2,1-3H3/t25-,26+,27+,30-,31-,32+/m0/s1. The first-order valence-electron chi connectivity index (χ1n) is 15.6. The van der Waals surface area contributed by atoms with Gasteiger partial charge >= 0.3 is 0 Å². The van der Waals surface area contributed by atoms with Gasteiger partial charge in [0.15, 0.2) is 11.6 Å². The maximum atomic E-state index is 14.3. The molecule has 0 unspecified atom stereocenters. The Morgan fingerprint density at radius 1 is 0.702 bits per heavy atom. The summed E-state index contributed by atoms with van der Waals surface area (Å²) in [5.74, 6) is -6.30. The molecule has 3 fully saturated rings. The summed E-state index contributed by atoms with van der Waals surface area (Å²) in [6.07, 6.45) is 2.30. The van der Waals surface area contributed by atoms with Crippen molar-refractivity contribution in [2.45, 2.75) is 32.6 Å². The second-order valence-corrected chi connectivity index (χ2v) is 12.6. The molecule has 0 aromatic heterocycles. The number of carbonyl (C=O) groups is 6. The van der Waals surface area contributed by atoms with E-state index >= 15 is 0 Å². The zero-order chi connectivity index (χ0) is 33.3. The number of benzene rings is 3. The molecule has 2 aliphatic carbocycles. The van der Waals surface area contributed by atoms with Gasteiger partial charge in [-0.1, -0.05) is 17.7 Å². The summed E-state index contributed by atoms with van der Waals surface area (Å²) in [7, 11) is 1.46. The molecular formula is C37H32N2O8. The second kappa shape index (κ2) is 11.2. The Kier molecular flexibility index (Phi) is 7.18. The lowest BCUT2D eigenvalue weighted by Crippen LogP contribution is -2.43. The number of carbonyl (C=O) groups excluding carboxylic acids is 6. The van der Waals surface area contributed by atoms with Gasteiger partial charge < -0.3 is 9.84 Å². The lowest BCUT2D eigenvalue weighted by Gasteiger charge is -2.44. The minimum atomic E-state index is -0.904. The van der Waals surface area contributed by atoms with E-state index in [1.165, 1.54) is 31.9 Å². The number of phenolic OH excluding ortho intramolecular Hbond substituents is 1. The molecule has 2 aliphatic heterocycles. The van der Waals surface area contributed by atoms with Crippen LogP contribution in [0.25, 0.3) is 0 Å². The van der Waals surface area contributed by atoms with Crippen LogP contribution in [0.4, 0.5) is 11.4 Å². The number of anilines is 2. The van der Waals surface area contributed by atoms with E-state index in [1.54, 1.807) is 60.7 Å². The highest BCUT2D eigenvalue weighted by molar-refractivity contribution is 6.24. The number of hydrogen-bond donors (Lipinski definition) is 1. The van der Waals surface area contributed by atoms with Crippen molar-refractivity contribution >= 4 is 46.6 Å². The fourth-order valence-corrected chi connectivity index (χ4v) is 8.13. The number of amides is 4. The first kappa shape index (κ1) is 30.3. The molecule has 0 bridgehead atoms. The van der Waals surface area contributed by atoms with Gasteiger partial charge in [0.05, 0.1) is 42.2 Å². The highest BCUT2D eigenvalue weighted by Crippen LogP contribution is 2.60. The number of aromatic hydroxyl groups is 1. The zero-order valence-electron chi connectivity index (χ0n) is 26.0. The van der Waals surface area contributed by atoms with Crippen LogP contribution >= 0.6 is 0 Å². The minimum Gasteiger partial charge on any atom is -0.508 e. The fraction of sp³-hybridized carbons (Fsp3) is 0.297. The number of Topliss-reactive ketones (excluding diaryl/α,β-unsaturated/α-hetero) is 2. The zero-order valence-corrected chi connectivity index (χ0v) is 26.0. The summed E-state index contributed by atoms with van der Waals surface area (Å²) < 4.78 is 5.66. The first-order chi connectivity index (χ1) is 22.5. The Hall–Kier alpha value is -5.38. The average Bonchev–Trinajstić information content (AvgIpc) is 3.47. The molecule has 0 radical (unpaired) electrons. The van der Waals surface area contributed by atoms with Gasteiger partial charge in [-0.05, 0) is 93.3 Å². The van der Waals surface area contributed by atoms with Gasteiger partial charge in [0.1, 0.15) is 11.5 Å². The van der Waals surface area contributed by atoms with E-state index in [0.29, 0.717) is 33.8 Å². The maximum Gasteiger partial charge on any atom is 0.238 e. The number of ketones is 2. The van der Waals surface area contributed by atoms with Crippen molar-refractivity contribution < 1.29 is 38.6 Å². The van der Waals surface area contributed by atoms with Gasteiger partial charge in [-0.3, -0.25) is 38.6 Å². The Balaban J connectivity index is 1.33. The number of imide groups is 2.